The number of nitrogens with two attached hydrogens (primary N) is 1. The van der Waals surface area contributed by atoms with E-state index in [-0.39, 0.29) is 22.8 Å². The van der Waals surface area contributed by atoms with E-state index in [1.165, 1.54) is 35.2 Å². The SMILES string of the molecule is Cc1nc(NC(=O)c2cc([N+](=O)[O-])ccc2Oc2ccccc2)sc1SCC(N)=O. The van der Waals surface area contributed by atoms with Gasteiger partial charge in [0.25, 0.3) is 11.6 Å². The third kappa shape index (κ3) is 5.33. The molecule has 0 spiro atoms. The van der Waals surface area contributed by atoms with Gasteiger partial charge in [0.05, 0.1) is 26.1 Å². The van der Waals surface area contributed by atoms with Gasteiger partial charge in [-0.2, -0.15) is 0 Å². The average molecular weight is 444 g/mol. The molecule has 0 atom stereocenters. The summed E-state index contributed by atoms with van der Waals surface area (Å²) in [5, 5.41) is 14.1. The molecule has 3 aromatic rings. The van der Waals surface area contributed by atoms with Crippen LogP contribution in [0.3, 0.4) is 0 Å². The van der Waals surface area contributed by atoms with Crippen LogP contribution in [-0.2, 0) is 4.79 Å². The molecule has 154 valence electrons. The molecule has 0 bridgehead atoms. The first-order valence-corrected chi connectivity index (χ1v) is 10.3. The number of nitro groups is 1. The maximum atomic E-state index is 12.9. The van der Waals surface area contributed by atoms with Crippen molar-refractivity contribution < 1.29 is 19.2 Å². The van der Waals surface area contributed by atoms with Crippen molar-refractivity contribution in [3.63, 3.8) is 0 Å². The lowest BCUT2D eigenvalue weighted by Crippen LogP contribution is -2.13. The van der Waals surface area contributed by atoms with Crippen LogP contribution in [-0.4, -0.2) is 27.5 Å². The predicted octanol–water partition coefficient (Wildman–Crippen LogP) is 3.98. The molecule has 9 nitrogen and oxygen atoms in total. The minimum Gasteiger partial charge on any atom is -0.457 e. The Balaban J connectivity index is 1.86. The van der Waals surface area contributed by atoms with Crippen molar-refractivity contribution in [3.8, 4) is 11.5 Å². The fourth-order valence-electron chi connectivity index (χ4n) is 2.38. The number of carbonyl (C=O) groups excluding carboxylic acids is 2. The summed E-state index contributed by atoms with van der Waals surface area (Å²) in [6.45, 7) is 1.74. The highest BCUT2D eigenvalue weighted by molar-refractivity contribution is 8.01. The first-order valence-electron chi connectivity index (χ1n) is 8.54. The highest BCUT2D eigenvalue weighted by Crippen LogP contribution is 2.33. The molecule has 3 rings (SSSR count). The number of benzene rings is 2. The minimum atomic E-state index is -0.607. The Morgan fingerprint density at radius 1 is 1.27 bits per heavy atom. The number of carbonyl (C=O) groups is 2. The molecule has 11 heteroatoms. The number of aryl methyl sites for hydroxylation is 1. The largest absolute Gasteiger partial charge is 0.457 e. The summed E-state index contributed by atoms with van der Waals surface area (Å²) in [5.41, 5.74) is 5.55. The average Bonchev–Trinajstić information content (AvgIpc) is 3.06. The summed E-state index contributed by atoms with van der Waals surface area (Å²) in [4.78, 5) is 38.7. The summed E-state index contributed by atoms with van der Waals surface area (Å²) >= 11 is 2.41. The quantitative estimate of drug-likeness (QED) is 0.304. The fraction of sp³-hybridized carbons (Fsp3) is 0.105. The molecule has 1 heterocycles. The molecule has 1 aromatic heterocycles. The number of rotatable bonds is 8. The van der Waals surface area contributed by atoms with Crippen molar-refractivity contribution in [2.45, 2.75) is 11.1 Å². The molecule has 0 radical (unpaired) electrons. The van der Waals surface area contributed by atoms with E-state index in [1.807, 2.05) is 6.07 Å². The Labute approximate surface area is 179 Å². The molecule has 30 heavy (non-hydrogen) atoms. The van der Waals surface area contributed by atoms with Gasteiger partial charge >= 0.3 is 0 Å². The van der Waals surface area contributed by atoms with Crippen LogP contribution in [0.5, 0.6) is 11.5 Å². The van der Waals surface area contributed by atoms with Crippen LogP contribution < -0.4 is 15.8 Å². The molecule has 0 aliphatic heterocycles. The molecule has 2 aromatic carbocycles. The zero-order chi connectivity index (χ0) is 21.7. The molecule has 3 N–H and O–H groups in total. The number of thiazole rings is 1. The van der Waals surface area contributed by atoms with Gasteiger partial charge in [-0.3, -0.25) is 25.0 Å². The van der Waals surface area contributed by atoms with Crippen LogP contribution >= 0.6 is 23.1 Å². The number of thioether (sulfide) groups is 1. The molecule has 0 aliphatic rings. The van der Waals surface area contributed by atoms with Crippen LogP contribution in [0.4, 0.5) is 10.8 Å². The lowest BCUT2D eigenvalue weighted by atomic mass is 10.1. The summed E-state index contributed by atoms with van der Waals surface area (Å²) in [5.74, 6) is -0.324. The van der Waals surface area contributed by atoms with E-state index in [9.17, 15) is 19.7 Å². The van der Waals surface area contributed by atoms with Gasteiger partial charge in [0, 0.05) is 12.1 Å². The van der Waals surface area contributed by atoms with Gasteiger partial charge in [0.15, 0.2) is 5.13 Å². The molecule has 0 fully saturated rings. The lowest BCUT2D eigenvalue weighted by molar-refractivity contribution is -0.384. The van der Waals surface area contributed by atoms with E-state index in [0.29, 0.717) is 16.6 Å². The van der Waals surface area contributed by atoms with Crippen molar-refractivity contribution in [2.75, 3.05) is 11.1 Å². The number of para-hydroxylation sites is 1. The summed E-state index contributed by atoms with van der Waals surface area (Å²) in [6.07, 6.45) is 0. The van der Waals surface area contributed by atoms with Gasteiger partial charge in [-0.05, 0) is 25.1 Å². The number of hydrogen-bond acceptors (Lipinski definition) is 8. The molecular formula is C19H16N4O5S2. The smallest absolute Gasteiger partial charge is 0.270 e. The van der Waals surface area contributed by atoms with E-state index in [1.54, 1.807) is 31.2 Å². The van der Waals surface area contributed by atoms with Gasteiger partial charge in [-0.1, -0.05) is 29.5 Å². The fourth-order valence-corrected chi connectivity index (χ4v) is 4.26. The van der Waals surface area contributed by atoms with Crippen molar-refractivity contribution in [2.24, 2.45) is 5.73 Å². The second-order valence-electron chi connectivity index (χ2n) is 5.95. The molecule has 0 saturated heterocycles. The first-order chi connectivity index (χ1) is 14.3. The number of amides is 2. The highest BCUT2D eigenvalue weighted by atomic mass is 32.2. The number of nitro benzene ring substituents is 1. The lowest BCUT2D eigenvalue weighted by Gasteiger charge is -2.10. The molecule has 0 saturated carbocycles. The summed E-state index contributed by atoms with van der Waals surface area (Å²) in [7, 11) is 0. The Hall–Kier alpha value is -3.44. The standard InChI is InChI=1S/C19H16N4O5S2/c1-11-18(29-10-16(20)24)30-19(21-11)22-17(25)14-9-12(23(26)27)7-8-15(14)28-13-5-3-2-4-6-13/h2-9H,10H2,1H3,(H2,20,24)(H,21,22,25). The molecule has 2 amide bonds. The first kappa shape index (κ1) is 21.3. The highest BCUT2D eigenvalue weighted by Gasteiger charge is 2.20. The number of anilines is 1. The molecular weight excluding hydrogens is 428 g/mol. The Bertz CT molecular complexity index is 1100. The topological polar surface area (TPSA) is 137 Å². The third-order valence-electron chi connectivity index (χ3n) is 3.71. The van der Waals surface area contributed by atoms with E-state index in [0.717, 1.165) is 10.3 Å². The van der Waals surface area contributed by atoms with Crippen LogP contribution in [0.15, 0.2) is 52.7 Å². The molecule has 0 aliphatic carbocycles. The van der Waals surface area contributed by atoms with Gasteiger partial charge in [-0.15, -0.1) is 11.8 Å². The third-order valence-corrected chi connectivity index (χ3v) is 6.17. The zero-order valence-corrected chi connectivity index (χ0v) is 17.3. The van der Waals surface area contributed by atoms with E-state index in [4.69, 9.17) is 10.5 Å². The van der Waals surface area contributed by atoms with Gasteiger partial charge in [0.2, 0.25) is 5.91 Å². The maximum absolute atomic E-state index is 12.9. The van der Waals surface area contributed by atoms with Crippen molar-refractivity contribution >= 4 is 45.7 Å². The van der Waals surface area contributed by atoms with Crippen LogP contribution in [0.25, 0.3) is 0 Å². The number of ether oxygens (including phenoxy) is 1. The molecule has 0 unspecified atom stereocenters. The van der Waals surface area contributed by atoms with Gasteiger partial charge in [0.1, 0.15) is 11.5 Å². The number of aromatic nitrogens is 1. The number of nitrogens with one attached hydrogen (secondary N) is 1. The van der Waals surface area contributed by atoms with Crippen LogP contribution in [0.1, 0.15) is 16.1 Å². The van der Waals surface area contributed by atoms with Gasteiger partial charge < -0.3 is 10.5 Å². The van der Waals surface area contributed by atoms with Crippen LogP contribution in [0, 0.1) is 17.0 Å². The van der Waals surface area contributed by atoms with E-state index in [2.05, 4.69) is 10.3 Å². The minimum absolute atomic E-state index is 0.00718. The Morgan fingerprint density at radius 3 is 2.67 bits per heavy atom. The zero-order valence-electron chi connectivity index (χ0n) is 15.7. The number of non-ortho nitro benzene ring substituents is 1. The second-order valence-corrected chi connectivity index (χ2v) is 8.20. The van der Waals surface area contributed by atoms with Crippen molar-refractivity contribution in [3.05, 3.63) is 69.9 Å². The number of primary amides is 1. The van der Waals surface area contributed by atoms with E-state index < -0.39 is 16.7 Å². The Kier molecular flexibility index (Phi) is 6.65. The van der Waals surface area contributed by atoms with Gasteiger partial charge in [-0.25, -0.2) is 4.98 Å². The summed E-state index contributed by atoms with van der Waals surface area (Å²) < 4.78 is 6.48. The summed E-state index contributed by atoms with van der Waals surface area (Å²) in [6, 6.07) is 12.5. The van der Waals surface area contributed by atoms with Crippen molar-refractivity contribution in [1.29, 1.82) is 0 Å². The Morgan fingerprint density at radius 2 is 2.00 bits per heavy atom. The van der Waals surface area contributed by atoms with Crippen LogP contribution in [0.2, 0.25) is 0 Å². The second kappa shape index (κ2) is 9.37. The number of hydrogen-bond donors (Lipinski definition) is 2. The maximum Gasteiger partial charge on any atom is 0.270 e. The monoisotopic (exact) mass is 444 g/mol. The normalized spacial score (nSPS) is 10.4. The predicted molar refractivity (Wildman–Crippen MR) is 114 cm³/mol. The van der Waals surface area contributed by atoms with E-state index >= 15 is 0 Å². The van der Waals surface area contributed by atoms with Crippen molar-refractivity contribution in [1.82, 2.24) is 4.98 Å². The number of nitrogens with zero attached hydrogens (tertiary/aromatic N) is 2.